The first-order valence-corrected chi connectivity index (χ1v) is 8.89. The largest absolute Gasteiger partial charge is 0.317 e. The monoisotopic (exact) mass is 314 g/mol. The number of sulfonamides is 1. The Bertz CT molecular complexity index is 583. The van der Waals surface area contributed by atoms with Crippen molar-refractivity contribution in [1.29, 1.82) is 0 Å². The second-order valence-electron chi connectivity index (χ2n) is 5.51. The van der Waals surface area contributed by atoms with Gasteiger partial charge in [0.1, 0.15) is 5.82 Å². The molecule has 1 aromatic carbocycles. The molecular formula is C15H23FN2O2S. The van der Waals surface area contributed by atoms with Gasteiger partial charge in [-0.15, -0.1) is 0 Å². The molecule has 118 valence electrons. The topological polar surface area (TPSA) is 49.4 Å². The highest BCUT2D eigenvalue weighted by atomic mass is 32.2. The van der Waals surface area contributed by atoms with Crippen molar-refractivity contribution < 1.29 is 12.8 Å². The van der Waals surface area contributed by atoms with Gasteiger partial charge in [-0.25, -0.2) is 12.8 Å². The smallest absolute Gasteiger partial charge is 0.243 e. The Balaban J connectivity index is 2.34. The van der Waals surface area contributed by atoms with Crippen LogP contribution in [-0.4, -0.2) is 38.4 Å². The molecule has 6 heteroatoms. The normalized spacial score (nSPS) is 17.3. The van der Waals surface area contributed by atoms with E-state index >= 15 is 0 Å². The van der Waals surface area contributed by atoms with Gasteiger partial charge in [0, 0.05) is 12.6 Å². The van der Waals surface area contributed by atoms with Gasteiger partial charge >= 0.3 is 0 Å². The fourth-order valence-electron chi connectivity index (χ4n) is 2.68. The van der Waals surface area contributed by atoms with Crippen LogP contribution in [0.3, 0.4) is 0 Å². The van der Waals surface area contributed by atoms with E-state index < -0.39 is 15.8 Å². The number of benzene rings is 1. The van der Waals surface area contributed by atoms with Crippen molar-refractivity contribution in [1.82, 2.24) is 9.62 Å². The number of nitrogens with one attached hydrogen (secondary N) is 1. The summed E-state index contributed by atoms with van der Waals surface area (Å²) in [7, 11) is -3.64. The van der Waals surface area contributed by atoms with Crippen LogP contribution in [0.15, 0.2) is 23.1 Å². The molecule has 0 bridgehead atoms. The van der Waals surface area contributed by atoms with Gasteiger partial charge in [-0.2, -0.15) is 4.31 Å². The Morgan fingerprint density at radius 2 is 2.00 bits per heavy atom. The highest BCUT2D eigenvalue weighted by Crippen LogP contribution is 2.24. The fourth-order valence-corrected chi connectivity index (χ4v) is 4.47. The second-order valence-corrected chi connectivity index (χ2v) is 7.40. The molecule has 1 N–H and O–H groups in total. The Morgan fingerprint density at radius 1 is 1.33 bits per heavy atom. The van der Waals surface area contributed by atoms with Gasteiger partial charge < -0.3 is 5.32 Å². The van der Waals surface area contributed by atoms with Crippen LogP contribution in [0.1, 0.15) is 31.7 Å². The third-order valence-corrected chi connectivity index (χ3v) is 5.86. The Kier molecular flexibility index (Phi) is 5.35. The number of aryl methyl sites for hydroxylation is 1. The molecule has 1 heterocycles. The van der Waals surface area contributed by atoms with E-state index in [1.807, 2.05) is 6.92 Å². The quantitative estimate of drug-likeness (QED) is 0.907. The molecule has 1 aliphatic heterocycles. The zero-order chi connectivity index (χ0) is 15.5. The fraction of sp³-hybridized carbons (Fsp3) is 0.600. The summed E-state index contributed by atoms with van der Waals surface area (Å²) in [5, 5.41) is 3.24. The summed E-state index contributed by atoms with van der Waals surface area (Å²) in [6.45, 7) is 5.70. The zero-order valence-corrected chi connectivity index (χ0v) is 13.4. The van der Waals surface area contributed by atoms with Gasteiger partial charge in [0.15, 0.2) is 0 Å². The summed E-state index contributed by atoms with van der Waals surface area (Å²) in [4.78, 5) is 0.0533. The Hall–Kier alpha value is -0.980. The van der Waals surface area contributed by atoms with Crippen LogP contribution >= 0.6 is 0 Å². The lowest BCUT2D eigenvalue weighted by Crippen LogP contribution is -2.46. The standard InChI is InChI=1S/C15H23FN2O2S/c1-3-10-18(13-6-8-17-9-7-13)21(19,20)14-5-4-12(2)15(16)11-14/h4-5,11,13,17H,3,6-10H2,1-2H3. The van der Waals surface area contributed by atoms with E-state index in [0.29, 0.717) is 12.1 Å². The molecule has 0 radical (unpaired) electrons. The molecule has 0 unspecified atom stereocenters. The molecular weight excluding hydrogens is 291 g/mol. The number of halogens is 1. The number of nitrogens with zero attached hydrogens (tertiary/aromatic N) is 1. The van der Waals surface area contributed by atoms with Crippen molar-refractivity contribution in [2.75, 3.05) is 19.6 Å². The predicted molar refractivity (Wildman–Crippen MR) is 81.2 cm³/mol. The summed E-state index contributed by atoms with van der Waals surface area (Å²) in [6, 6.07) is 4.15. The zero-order valence-electron chi connectivity index (χ0n) is 12.6. The van der Waals surface area contributed by atoms with Gasteiger partial charge in [-0.05, 0) is 57.0 Å². The van der Waals surface area contributed by atoms with Crippen LogP contribution < -0.4 is 5.32 Å². The Morgan fingerprint density at radius 3 is 2.57 bits per heavy atom. The second kappa shape index (κ2) is 6.85. The van der Waals surface area contributed by atoms with Crippen LogP contribution in [0, 0.1) is 12.7 Å². The molecule has 1 aliphatic rings. The summed E-state index contributed by atoms with van der Waals surface area (Å²) in [5.41, 5.74) is 0.456. The molecule has 4 nitrogen and oxygen atoms in total. The van der Waals surface area contributed by atoms with Crippen LogP contribution in [0.2, 0.25) is 0 Å². The maximum atomic E-state index is 13.7. The Labute approximate surface area is 126 Å². The van der Waals surface area contributed by atoms with Crippen LogP contribution in [-0.2, 0) is 10.0 Å². The molecule has 0 saturated carbocycles. The van der Waals surface area contributed by atoms with Crippen molar-refractivity contribution in [3.8, 4) is 0 Å². The molecule has 0 atom stereocenters. The first-order valence-electron chi connectivity index (χ1n) is 7.45. The summed E-state index contributed by atoms with van der Waals surface area (Å²) in [6.07, 6.45) is 2.35. The average molecular weight is 314 g/mol. The summed E-state index contributed by atoms with van der Waals surface area (Å²) >= 11 is 0. The van der Waals surface area contributed by atoms with Crippen molar-refractivity contribution in [3.05, 3.63) is 29.6 Å². The van der Waals surface area contributed by atoms with E-state index in [1.165, 1.54) is 12.1 Å². The lowest BCUT2D eigenvalue weighted by atomic mass is 10.1. The van der Waals surface area contributed by atoms with E-state index in [1.54, 1.807) is 11.2 Å². The van der Waals surface area contributed by atoms with Crippen molar-refractivity contribution >= 4 is 10.0 Å². The van der Waals surface area contributed by atoms with Crippen molar-refractivity contribution in [2.45, 2.75) is 44.0 Å². The maximum Gasteiger partial charge on any atom is 0.243 e. The van der Waals surface area contributed by atoms with Crippen LogP contribution in [0.5, 0.6) is 0 Å². The van der Waals surface area contributed by atoms with E-state index in [9.17, 15) is 12.8 Å². The third-order valence-electron chi connectivity index (χ3n) is 3.91. The minimum atomic E-state index is -3.64. The SMILES string of the molecule is CCCN(C1CCNCC1)S(=O)(=O)c1ccc(C)c(F)c1. The minimum Gasteiger partial charge on any atom is -0.317 e. The number of hydrogen-bond donors (Lipinski definition) is 1. The molecule has 21 heavy (non-hydrogen) atoms. The minimum absolute atomic E-state index is 0.000522. The van der Waals surface area contributed by atoms with Crippen molar-refractivity contribution in [3.63, 3.8) is 0 Å². The van der Waals surface area contributed by atoms with E-state index in [-0.39, 0.29) is 10.9 Å². The molecule has 2 rings (SSSR count). The van der Waals surface area contributed by atoms with E-state index in [2.05, 4.69) is 5.32 Å². The van der Waals surface area contributed by atoms with Crippen LogP contribution in [0.25, 0.3) is 0 Å². The lowest BCUT2D eigenvalue weighted by Gasteiger charge is -2.33. The summed E-state index contributed by atoms with van der Waals surface area (Å²) < 4.78 is 40.9. The highest BCUT2D eigenvalue weighted by molar-refractivity contribution is 7.89. The van der Waals surface area contributed by atoms with Crippen LogP contribution in [0.4, 0.5) is 4.39 Å². The van der Waals surface area contributed by atoms with Gasteiger partial charge in [0.25, 0.3) is 0 Å². The number of rotatable bonds is 5. The number of hydrogen-bond acceptors (Lipinski definition) is 3. The first-order chi connectivity index (χ1) is 9.96. The van der Waals surface area contributed by atoms with Gasteiger partial charge in [-0.3, -0.25) is 0 Å². The van der Waals surface area contributed by atoms with Gasteiger partial charge in [-0.1, -0.05) is 13.0 Å². The maximum absolute atomic E-state index is 13.7. The lowest BCUT2D eigenvalue weighted by molar-refractivity contribution is 0.262. The first kappa shape index (κ1) is 16.4. The highest BCUT2D eigenvalue weighted by Gasteiger charge is 2.31. The molecule has 0 aliphatic carbocycles. The van der Waals surface area contributed by atoms with Crippen molar-refractivity contribution in [2.24, 2.45) is 0 Å². The average Bonchev–Trinajstić information content (AvgIpc) is 2.48. The van der Waals surface area contributed by atoms with E-state index in [0.717, 1.165) is 38.4 Å². The molecule has 0 amide bonds. The molecule has 0 spiro atoms. The third kappa shape index (κ3) is 3.62. The molecule has 1 saturated heterocycles. The van der Waals surface area contributed by atoms with Gasteiger partial charge in [0.05, 0.1) is 4.90 Å². The van der Waals surface area contributed by atoms with Gasteiger partial charge in [0.2, 0.25) is 10.0 Å². The summed E-state index contributed by atoms with van der Waals surface area (Å²) in [5.74, 6) is -0.474. The molecule has 0 aromatic heterocycles. The molecule has 1 aromatic rings. The molecule has 1 fully saturated rings. The predicted octanol–water partition coefficient (Wildman–Crippen LogP) is 2.29. The number of piperidine rings is 1. The van der Waals surface area contributed by atoms with E-state index in [4.69, 9.17) is 0 Å².